The Morgan fingerprint density at radius 1 is 0.717 bits per heavy atom. The van der Waals surface area contributed by atoms with Gasteiger partial charge in [0.05, 0.1) is 0 Å². The number of hydrogen-bond donors (Lipinski definition) is 4. The molecule has 0 spiro atoms. The number of carbonyl (C=O) groups is 7. The quantitative estimate of drug-likeness (QED) is 0.173. The third-order valence-electron chi connectivity index (χ3n) is 7.53. The van der Waals surface area contributed by atoms with Gasteiger partial charge < -0.3 is 30.7 Å². The van der Waals surface area contributed by atoms with Crippen LogP contribution in [-0.4, -0.2) is 109 Å². The lowest BCUT2D eigenvalue weighted by Crippen LogP contribution is -2.60. The van der Waals surface area contributed by atoms with E-state index in [-0.39, 0.29) is 42.7 Å². The fourth-order valence-electron chi connectivity index (χ4n) is 4.59. The predicted molar refractivity (Wildman–Crippen MR) is 176 cm³/mol. The van der Waals surface area contributed by atoms with Gasteiger partial charge in [-0.15, -0.1) is 0 Å². The smallest absolute Gasteiger partial charge is 0.321 e. The van der Waals surface area contributed by atoms with Gasteiger partial charge in [0, 0.05) is 34.6 Å². The van der Waals surface area contributed by atoms with E-state index in [1.54, 1.807) is 13.8 Å². The van der Waals surface area contributed by atoms with Gasteiger partial charge in [-0.25, -0.2) is 4.79 Å². The van der Waals surface area contributed by atoms with E-state index in [9.17, 15) is 33.6 Å². The van der Waals surface area contributed by atoms with Crippen molar-refractivity contribution in [3.63, 3.8) is 0 Å². The maximum Gasteiger partial charge on any atom is 0.321 e. The van der Waals surface area contributed by atoms with Crippen LogP contribution < -0.4 is 21.3 Å². The molecule has 4 atom stereocenters. The second-order valence-corrected chi connectivity index (χ2v) is 12.8. The van der Waals surface area contributed by atoms with Gasteiger partial charge in [0.15, 0.2) is 0 Å². The Kier molecular flexibility index (Phi) is 17.8. The van der Waals surface area contributed by atoms with Gasteiger partial charge in [-0.2, -0.15) is 0 Å². The summed E-state index contributed by atoms with van der Waals surface area (Å²) in [7, 11) is 5.73. The number of nitrogens with one attached hydrogen (secondary N) is 4. The lowest BCUT2D eigenvalue weighted by Gasteiger charge is -2.35. The average Bonchev–Trinajstić information content (AvgIpc) is 2.98. The molecule has 0 aromatic rings. The van der Waals surface area contributed by atoms with Crippen molar-refractivity contribution < 1.29 is 33.6 Å². The molecule has 46 heavy (non-hydrogen) atoms. The Morgan fingerprint density at radius 2 is 1.20 bits per heavy atom. The van der Waals surface area contributed by atoms with Crippen LogP contribution in [0.5, 0.6) is 0 Å². The fraction of sp³-hybridized carbons (Fsp3) is 0.719. The molecular weight excluding hydrogens is 594 g/mol. The lowest BCUT2D eigenvalue weighted by molar-refractivity contribution is -0.145. The van der Waals surface area contributed by atoms with E-state index < -0.39 is 65.7 Å². The molecule has 0 aliphatic rings. The van der Waals surface area contributed by atoms with Crippen molar-refractivity contribution in [1.29, 1.82) is 0 Å². The molecule has 8 amide bonds. The summed E-state index contributed by atoms with van der Waals surface area (Å²) in [4.78, 5) is 94.3. The number of urea groups is 1. The van der Waals surface area contributed by atoms with E-state index in [4.69, 9.17) is 0 Å². The van der Waals surface area contributed by atoms with Gasteiger partial charge in [-0.05, 0) is 43.9 Å². The molecular formula is C32H57N7O7. The summed E-state index contributed by atoms with van der Waals surface area (Å²) >= 11 is 0. The van der Waals surface area contributed by atoms with Gasteiger partial charge in [-0.3, -0.25) is 34.1 Å². The van der Waals surface area contributed by atoms with Gasteiger partial charge in [0.2, 0.25) is 29.5 Å². The second kappa shape index (κ2) is 19.5. The highest BCUT2D eigenvalue weighted by Gasteiger charge is 2.38. The molecule has 0 saturated heterocycles. The number of hydrogen-bond acceptors (Lipinski definition) is 7. The molecule has 0 bridgehead atoms. The molecule has 0 unspecified atom stereocenters. The van der Waals surface area contributed by atoms with Crippen molar-refractivity contribution in [3.05, 3.63) is 12.3 Å². The third-order valence-corrected chi connectivity index (χ3v) is 7.53. The topological polar surface area (TPSA) is 177 Å². The molecule has 4 N–H and O–H groups in total. The van der Waals surface area contributed by atoms with Crippen LogP contribution in [0.1, 0.15) is 81.1 Å². The van der Waals surface area contributed by atoms with Crippen molar-refractivity contribution in [2.45, 2.75) is 105 Å². The Bertz CT molecular complexity index is 1120. The maximum atomic E-state index is 13.9. The number of carbonyl (C=O) groups excluding carboxylic acids is 7. The zero-order chi connectivity index (χ0) is 36.0. The molecule has 0 rings (SSSR count). The summed E-state index contributed by atoms with van der Waals surface area (Å²) in [5.41, 5.74) is -0.0699. The highest BCUT2D eigenvalue weighted by Crippen LogP contribution is 2.18. The summed E-state index contributed by atoms with van der Waals surface area (Å²) in [6, 6.07) is -4.82. The minimum Gasteiger partial charge on any atom is -0.343 e. The van der Waals surface area contributed by atoms with Crippen LogP contribution in [0, 0.1) is 17.8 Å². The summed E-state index contributed by atoms with van der Waals surface area (Å²) in [6.45, 7) is 18.1. The van der Waals surface area contributed by atoms with Crippen LogP contribution in [0.3, 0.4) is 0 Å². The highest BCUT2D eigenvalue weighted by atomic mass is 16.2. The van der Waals surface area contributed by atoms with Gasteiger partial charge in [-0.1, -0.05) is 55.0 Å². The monoisotopic (exact) mass is 651 g/mol. The molecule has 0 aromatic heterocycles. The number of imide groups is 1. The molecule has 0 radical (unpaired) electrons. The standard InChI is InChI=1S/C32H57N7O7/c1-14-15-25(40)37(11)22(9)30(44)38(12)24(17-19(4)5)29(43)35-26(20(6)7)31(45)39(13)23(16-18(2)3)28(42)34-21(8)27(41)36-32(46)33-10/h18-21,23-24,26H,9,14-17H2,1-8,10-13H3,(H,34,42)(H,35,43)(H2,33,36,41,46)/t21-,23+,24+,26+/m1/s1. The Balaban J connectivity index is 6.15. The number of nitrogens with zero attached hydrogens (tertiary/aromatic N) is 3. The molecule has 262 valence electrons. The number of likely N-dealkylation sites (N-methyl/N-ethyl adjacent to an activating group) is 3. The first kappa shape index (κ1) is 42.0. The molecule has 14 heteroatoms. The Hall–Kier alpha value is -3.97. The molecule has 0 heterocycles. The van der Waals surface area contributed by atoms with Gasteiger partial charge in [0.25, 0.3) is 5.91 Å². The van der Waals surface area contributed by atoms with Crippen molar-refractivity contribution in [2.24, 2.45) is 17.8 Å². The summed E-state index contributed by atoms with van der Waals surface area (Å²) in [6.07, 6.45) is 1.38. The Morgan fingerprint density at radius 3 is 1.63 bits per heavy atom. The van der Waals surface area contributed by atoms with E-state index >= 15 is 0 Å². The van der Waals surface area contributed by atoms with E-state index in [1.807, 2.05) is 34.6 Å². The average molecular weight is 652 g/mol. The van der Waals surface area contributed by atoms with Crippen LogP contribution in [0.4, 0.5) is 4.79 Å². The molecule has 0 aromatic carbocycles. The summed E-state index contributed by atoms with van der Waals surface area (Å²) in [5, 5.41) is 9.74. The van der Waals surface area contributed by atoms with Crippen LogP contribution >= 0.6 is 0 Å². The zero-order valence-corrected chi connectivity index (χ0v) is 29.8. The highest BCUT2D eigenvalue weighted by molar-refractivity contribution is 6.01. The van der Waals surface area contributed by atoms with Crippen LogP contribution in [0.25, 0.3) is 0 Å². The summed E-state index contributed by atoms with van der Waals surface area (Å²) in [5.74, 6) is -3.70. The second-order valence-electron chi connectivity index (χ2n) is 12.8. The van der Waals surface area contributed by atoms with Crippen molar-refractivity contribution >= 4 is 41.5 Å². The SMILES string of the molecule is C=C(C(=O)N(C)[C@@H](CC(C)C)C(=O)N[C@H](C(=O)N(C)[C@@H](CC(C)C)C(=O)N[C@H](C)C(=O)NC(=O)NC)C(C)C)N(C)C(=O)CCC. The molecule has 14 nitrogen and oxygen atoms in total. The van der Waals surface area contributed by atoms with E-state index in [2.05, 4.69) is 27.8 Å². The van der Waals surface area contributed by atoms with Crippen molar-refractivity contribution in [2.75, 3.05) is 28.2 Å². The minimum atomic E-state index is -1.07. The maximum absolute atomic E-state index is 13.9. The van der Waals surface area contributed by atoms with Crippen molar-refractivity contribution in [1.82, 2.24) is 36.0 Å². The lowest BCUT2D eigenvalue weighted by atomic mass is 9.97. The Labute approximate surface area is 274 Å². The first-order chi connectivity index (χ1) is 21.2. The van der Waals surface area contributed by atoms with E-state index in [1.165, 1.54) is 49.8 Å². The van der Waals surface area contributed by atoms with Crippen molar-refractivity contribution in [3.8, 4) is 0 Å². The van der Waals surface area contributed by atoms with E-state index in [0.29, 0.717) is 6.42 Å². The molecule has 0 aliphatic heterocycles. The van der Waals surface area contributed by atoms with Crippen LogP contribution in [0.2, 0.25) is 0 Å². The zero-order valence-electron chi connectivity index (χ0n) is 29.8. The predicted octanol–water partition coefficient (Wildman–Crippen LogP) is 1.61. The van der Waals surface area contributed by atoms with E-state index in [0.717, 1.165) is 0 Å². The van der Waals surface area contributed by atoms with Gasteiger partial charge >= 0.3 is 6.03 Å². The molecule has 0 saturated carbocycles. The summed E-state index contributed by atoms with van der Waals surface area (Å²) < 4.78 is 0. The van der Waals surface area contributed by atoms with Crippen LogP contribution in [0.15, 0.2) is 12.3 Å². The third kappa shape index (κ3) is 12.8. The number of amides is 8. The van der Waals surface area contributed by atoms with Gasteiger partial charge in [0.1, 0.15) is 29.9 Å². The number of rotatable bonds is 17. The molecule has 0 fully saturated rings. The fourth-order valence-corrected chi connectivity index (χ4v) is 4.59. The minimum absolute atomic E-state index is 0.00342. The van der Waals surface area contributed by atoms with Crippen LogP contribution in [-0.2, 0) is 28.8 Å². The normalized spacial score (nSPS) is 13.6. The molecule has 0 aliphatic carbocycles. The first-order valence-corrected chi connectivity index (χ1v) is 15.8. The largest absolute Gasteiger partial charge is 0.343 e. The first-order valence-electron chi connectivity index (χ1n) is 15.8.